The highest BCUT2D eigenvalue weighted by Crippen LogP contribution is 2.28. The number of rotatable bonds is 5. The quantitative estimate of drug-likeness (QED) is 0.560. The molecule has 1 atom stereocenters. The SMILES string of the molecule is CCC(C)c1ccc2oc(-c3ccc(NC(=S)NC(=O)C(C)C)cc3)nc2c1. The molecule has 2 N–H and O–H groups in total. The first-order valence-electron chi connectivity index (χ1n) is 9.50. The van der Waals surface area contributed by atoms with Gasteiger partial charge in [-0.05, 0) is 66.5 Å². The van der Waals surface area contributed by atoms with Crippen LogP contribution in [-0.2, 0) is 4.79 Å². The summed E-state index contributed by atoms with van der Waals surface area (Å²) in [6, 6.07) is 13.8. The van der Waals surface area contributed by atoms with Gasteiger partial charge in [-0.1, -0.05) is 33.8 Å². The predicted molar refractivity (Wildman–Crippen MR) is 117 cm³/mol. The molecular weight excluding hydrogens is 370 g/mol. The summed E-state index contributed by atoms with van der Waals surface area (Å²) in [6.07, 6.45) is 1.09. The molecule has 0 fully saturated rings. The average molecular weight is 396 g/mol. The first kappa shape index (κ1) is 20.0. The van der Waals surface area contributed by atoms with Crippen LogP contribution < -0.4 is 10.6 Å². The second-order valence-electron chi connectivity index (χ2n) is 7.23. The number of hydrogen-bond donors (Lipinski definition) is 2. The van der Waals surface area contributed by atoms with E-state index in [0.717, 1.165) is 28.8 Å². The number of carbonyl (C=O) groups is 1. The molecule has 0 aliphatic rings. The molecule has 0 saturated heterocycles. The third-order valence-corrected chi connectivity index (χ3v) is 4.95. The molecule has 0 saturated carbocycles. The smallest absolute Gasteiger partial charge is 0.228 e. The van der Waals surface area contributed by atoms with Gasteiger partial charge in [0.1, 0.15) is 5.52 Å². The number of aromatic nitrogens is 1. The van der Waals surface area contributed by atoms with Gasteiger partial charge in [-0.25, -0.2) is 4.98 Å². The number of oxazole rings is 1. The zero-order valence-corrected chi connectivity index (χ0v) is 17.4. The summed E-state index contributed by atoms with van der Waals surface area (Å²) in [6.45, 7) is 8.03. The Hall–Kier alpha value is -2.73. The topological polar surface area (TPSA) is 67.2 Å². The second kappa shape index (κ2) is 8.52. The Kier molecular flexibility index (Phi) is 6.09. The van der Waals surface area contributed by atoms with Crippen molar-refractivity contribution < 1.29 is 9.21 Å². The van der Waals surface area contributed by atoms with E-state index in [1.807, 2.05) is 44.2 Å². The summed E-state index contributed by atoms with van der Waals surface area (Å²) >= 11 is 5.17. The normalized spacial score (nSPS) is 12.2. The minimum atomic E-state index is -0.123. The molecule has 1 unspecified atom stereocenters. The molecule has 0 aliphatic heterocycles. The first-order valence-corrected chi connectivity index (χ1v) is 9.91. The molecule has 6 heteroatoms. The standard InChI is InChI=1S/C22H25N3O2S/c1-5-14(4)16-8-11-19-18(12-16)24-21(27-19)15-6-9-17(10-7-15)23-22(28)25-20(26)13(2)3/h6-14H,5H2,1-4H3,(H2,23,25,26,28). The minimum absolute atomic E-state index is 0.114. The molecule has 1 heterocycles. The maximum atomic E-state index is 11.7. The lowest BCUT2D eigenvalue weighted by Gasteiger charge is -2.11. The zero-order chi connectivity index (χ0) is 20.3. The van der Waals surface area contributed by atoms with E-state index >= 15 is 0 Å². The number of benzene rings is 2. The lowest BCUT2D eigenvalue weighted by Crippen LogP contribution is -2.36. The number of amides is 1. The molecule has 2 aromatic carbocycles. The van der Waals surface area contributed by atoms with Gasteiger partial charge < -0.3 is 15.1 Å². The Morgan fingerprint density at radius 2 is 1.86 bits per heavy atom. The number of anilines is 1. The summed E-state index contributed by atoms with van der Waals surface area (Å²) in [7, 11) is 0. The molecule has 1 amide bonds. The van der Waals surface area contributed by atoms with Crippen molar-refractivity contribution in [2.45, 2.75) is 40.0 Å². The van der Waals surface area contributed by atoms with Gasteiger partial charge in [0.2, 0.25) is 11.8 Å². The van der Waals surface area contributed by atoms with Crippen LogP contribution in [0.25, 0.3) is 22.6 Å². The monoisotopic (exact) mass is 395 g/mol. The fourth-order valence-corrected chi connectivity index (χ4v) is 2.94. The molecule has 0 bridgehead atoms. The lowest BCUT2D eigenvalue weighted by atomic mass is 9.98. The van der Waals surface area contributed by atoms with Crippen molar-refractivity contribution in [1.29, 1.82) is 0 Å². The number of fused-ring (bicyclic) bond motifs is 1. The highest BCUT2D eigenvalue weighted by Gasteiger charge is 2.12. The van der Waals surface area contributed by atoms with E-state index in [0.29, 0.717) is 11.8 Å². The first-order chi connectivity index (χ1) is 13.4. The highest BCUT2D eigenvalue weighted by molar-refractivity contribution is 7.80. The van der Waals surface area contributed by atoms with Gasteiger partial charge in [0, 0.05) is 17.2 Å². The van der Waals surface area contributed by atoms with E-state index in [9.17, 15) is 4.79 Å². The van der Waals surface area contributed by atoms with E-state index in [2.05, 4.69) is 41.6 Å². The van der Waals surface area contributed by atoms with E-state index in [4.69, 9.17) is 16.6 Å². The predicted octanol–water partition coefficient (Wildman–Crippen LogP) is 5.48. The fourth-order valence-electron chi connectivity index (χ4n) is 2.72. The fraction of sp³-hybridized carbons (Fsp3) is 0.318. The molecule has 0 aliphatic carbocycles. The molecule has 0 spiro atoms. The van der Waals surface area contributed by atoms with Crippen LogP contribution in [0.4, 0.5) is 5.69 Å². The van der Waals surface area contributed by atoms with Gasteiger partial charge in [0.15, 0.2) is 10.7 Å². The van der Waals surface area contributed by atoms with Crippen LogP contribution in [0.15, 0.2) is 46.9 Å². The highest BCUT2D eigenvalue weighted by atomic mass is 32.1. The number of carbonyl (C=O) groups excluding carboxylic acids is 1. The molecule has 28 heavy (non-hydrogen) atoms. The van der Waals surface area contributed by atoms with Gasteiger partial charge in [0.25, 0.3) is 0 Å². The Balaban J connectivity index is 1.74. The number of nitrogens with one attached hydrogen (secondary N) is 2. The van der Waals surface area contributed by atoms with Crippen molar-refractivity contribution >= 4 is 40.0 Å². The van der Waals surface area contributed by atoms with Crippen molar-refractivity contribution in [1.82, 2.24) is 10.3 Å². The third-order valence-electron chi connectivity index (χ3n) is 4.74. The zero-order valence-electron chi connectivity index (χ0n) is 16.6. The molecule has 146 valence electrons. The third kappa shape index (κ3) is 4.57. The van der Waals surface area contributed by atoms with E-state index in [1.54, 1.807) is 0 Å². The number of thiocarbonyl (C=S) groups is 1. The minimum Gasteiger partial charge on any atom is -0.436 e. The largest absolute Gasteiger partial charge is 0.436 e. The van der Waals surface area contributed by atoms with Crippen LogP contribution >= 0.6 is 12.2 Å². The van der Waals surface area contributed by atoms with Crippen molar-refractivity contribution in [3.05, 3.63) is 48.0 Å². The van der Waals surface area contributed by atoms with Crippen LogP contribution in [0.3, 0.4) is 0 Å². The van der Waals surface area contributed by atoms with E-state index in [-0.39, 0.29) is 16.9 Å². The van der Waals surface area contributed by atoms with E-state index in [1.165, 1.54) is 5.56 Å². The van der Waals surface area contributed by atoms with Crippen LogP contribution in [0.2, 0.25) is 0 Å². The molecular formula is C22H25N3O2S. The summed E-state index contributed by atoms with van der Waals surface area (Å²) in [5, 5.41) is 5.95. The van der Waals surface area contributed by atoms with Gasteiger partial charge in [-0.2, -0.15) is 0 Å². The summed E-state index contributed by atoms with van der Waals surface area (Å²) in [5.74, 6) is 0.841. The number of hydrogen-bond acceptors (Lipinski definition) is 4. The summed E-state index contributed by atoms with van der Waals surface area (Å²) in [4.78, 5) is 16.3. The Labute approximate surface area is 170 Å². The summed E-state index contributed by atoms with van der Waals surface area (Å²) in [5.41, 5.74) is 4.58. The van der Waals surface area contributed by atoms with Crippen LogP contribution in [0, 0.1) is 5.92 Å². The van der Waals surface area contributed by atoms with Crippen molar-refractivity contribution in [2.75, 3.05) is 5.32 Å². The average Bonchev–Trinajstić information content (AvgIpc) is 3.10. The lowest BCUT2D eigenvalue weighted by molar-refractivity contribution is -0.122. The van der Waals surface area contributed by atoms with E-state index < -0.39 is 0 Å². The Morgan fingerprint density at radius 3 is 2.50 bits per heavy atom. The maximum Gasteiger partial charge on any atom is 0.228 e. The van der Waals surface area contributed by atoms with Gasteiger partial charge in [-0.15, -0.1) is 0 Å². The van der Waals surface area contributed by atoms with Gasteiger partial charge in [-0.3, -0.25) is 4.79 Å². The van der Waals surface area contributed by atoms with Gasteiger partial charge in [0.05, 0.1) is 0 Å². The maximum absolute atomic E-state index is 11.7. The summed E-state index contributed by atoms with van der Waals surface area (Å²) < 4.78 is 5.91. The van der Waals surface area contributed by atoms with Crippen LogP contribution in [-0.4, -0.2) is 16.0 Å². The van der Waals surface area contributed by atoms with Crippen LogP contribution in [0.1, 0.15) is 45.6 Å². The Bertz CT molecular complexity index is 993. The van der Waals surface area contributed by atoms with Crippen molar-refractivity contribution in [2.24, 2.45) is 5.92 Å². The molecule has 0 radical (unpaired) electrons. The van der Waals surface area contributed by atoms with Gasteiger partial charge >= 0.3 is 0 Å². The van der Waals surface area contributed by atoms with Crippen molar-refractivity contribution in [3.63, 3.8) is 0 Å². The second-order valence-corrected chi connectivity index (χ2v) is 7.64. The molecule has 3 aromatic rings. The van der Waals surface area contributed by atoms with Crippen LogP contribution in [0.5, 0.6) is 0 Å². The molecule has 3 rings (SSSR count). The Morgan fingerprint density at radius 1 is 1.14 bits per heavy atom. The van der Waals surface area contributed by atoms with Crippen molar-refractivity contribution in [3.8, 4) is 11.5 Å². The molecule has 5 nitrogen and oxygen atoms in total. The number of nitrogens with zero attached hydrogens (tertiary/aromatic N) is 1. The molecule has 1 aromatic heterocycles.